The Morgan fingerprint density at radius 3 is 2.75 bits per heavy atom. The first-order chi connectivity index (χ1) is 7.81. The van der Waals surface area contributed by atoms with Crippen LogP contribution in [0, 0.1) is 11.3 Å². The van der Waals surface area contributed by atoms with Crippen molar-refractivity contribution in [3.05, 3.63) is 47.4 Å². The van der Waals surface area contributed by atoms with Crippen LogP contribution in [0.4, 0.5) is 0 Å². The van der Waals surface area contributed by atoms with E-state index in [1.54, 1.807) is 12.5 Å². The van der Waals surface area contributed by atoms with Crippen LogP contribution < -0.4 is 0 Å². The summed E-state index contributed by atoms with van der Waals surface area (Å²) in [6, 6.07) is 7.97. The Morgan fingerprint density at radius 2 is 2.00 bits per heavy atom. The lowest BCUT2D eigenvalue weighted by Gasteiger charge is -2.32. The van der Waals surface area contributed by atoms with Crippen LogP contribution in [-0.2, 0) is 22.3 Å². The molecule has 3 rings (SSSR count). The first kappa shape index (κ1) is 9.29. The molecule has 0 atom stereocenters. The first-order valence-electron chi connectivity index (χ1n) is 5.34. The van der Waals surface area contributed by atoms with Gasteiger partial charge in [0.2, 0.25) is 0 Å². The number of nitriles is 1. The van der Waals surface area contributed by atoms with E-state index >= 15 is 0 Å². The zero-order chi connectivity index (χ0) is 11.0. The van der Waals surface area contributed by atoms with Crippen LogP contribution in [-0.4, -0.2) is 5.79 Å². The highest BCUT2D eigenvalue weighted by Crippen LogP contribution is 2.35. The fourth-order valence-corrected chi connectivity index (χ4v) is 2.34. The summed E-state index contributed by atoms with van der Waals surface area (Å²) in [6.45, 7) is 0. The number of hydrogen-bond acceptors (Lipinski definition) is 3. The molecule has 0 radical (unpaired) electrons. The average molecular weight is 213 g/mol. The Labute approximate surface area is 93.9 Å². The van der Waals surface area contributed by atoms with Gasteiger partial charge in [0.15, 0.2) is 0 Å². The number of nitrogens with zero attached hydrogens (tertiary/aromatic N) is 1. The second kappa shape index (κ2) is 3.28. The van der Waals surface area contributed by atoms with Crippen molar-refractivity contribution in [1.29, 1.82) is 5.26 Å². The maximum absolute atomic E-state index is 8.83. The van der Waals surface area contributed by atoms with E-state index in [0.29, 0.717) is 0 Å². The van der Waals surface area contributed by atoms with E-state index in [9.17, 15) is 0 Å². The van der Waals surface area contributed by atoms with Gasteiger partial charge in [-0.25, -0.2) is 0 Å². The number of aryl methyl sites for hydroxylation is 1. The van der Waals surface area contributed by atoms with Crippen LogP contribution in [0.3, 0.4) is 0 Å². The summed E-state index contributed by atoms with van der Waals surface area (Å²) in [5.74, 6) is -0.485. The van der Waals surface area contributed by atoms with Crippen LogP contribution in [0.5, 0.6) is 0 Å². The summed E-state index contributed by atoms with van der Waals surface area (Å²) in [5, 5.41) is 8.83. The Hall–Kier alpha value is -1.95. The van der Waals surface area contributed by atoms with E-state index < -0.39 is 5.79 Å². The van der Waals surface area contributed by atoms with E-state index in [-0.39, 0.29) is 0 Å². The minimum Gasteiger partial charge on any atom is -0.456 e. The molecule has 1 aliphatic heterocycles. The summed E-state index contributed by atoms with van der Waals surface area (Å²) < 4.78 is 11.1. The monoisotopic (exact) mass is 213 g/mol. The number of rotatable bonds is 0. The lowest BCUT2D eigenvalue weighted by molar-refractivity contribution is -0.148. The third-order valence-corrected chi connectivity index (χ3v) is 3.19. The van der Waals surface area contributed by atoms with Crippen LogP contribution in [0.1, 0.15) is 23.1 Å². The van der Waals surface area contributed by atoms with Gasteiger partial charge in [-0.2, -0.15) is 5.26 Å². The van der Waals surface area contributed by atoms with Gasteiger partial charge in [-0.05, 0) is 29.7 Å². The molecule has 80 valence electrons. The van der Waals surface area contributed by atoms with Crippen molar-refractivity contribution >= 4 is 0 Å². The standard InChI is InChI=1S/C13H11NO2/c14-9-10-1-2-12-8-13(15-5-6-16-13)4-3-11(12)7-10/h1-2,5-7H,3-4,8H2. The molecule has 0 saturated heterocycles. The van der Waals surface area contributed by atoms with E-state index in [1.807, 2.05) is 18.2 Å². The van der Waals surface area contributed by atoms with Gasteiger partial charge in [0.1, 0.15) is 12.5 Å². The van der Waals surface area contributed by atoms with Gasteiger partial charge < -0.3 is 9.47 Å². The van der Waals surface area contributed by atoms with Crippen molar-refractivity contribution in [3.63, 3.8) is 0 Å². The molecule has 0 bridgehead atoms. The summed E-state index contributed by atoms with van der Waals surface area (Å²) in [5.41, 5.74) is 3.18. The zero-order valence-electron chi connectivity index (χ0n) is 8.77. The Bertz CT molecular complexity index is 491. The predicted molar refractivity (Wildman–Crippen MR) is 57.2 cm³/mol. The molecule has 0 N–H and O–H groups in total. The summed E-state index contributed by atoms with van der Waals surface area (Å²) in [4.78, 5) is 0. The smallest absolute Gasteiger partial charge is 0.254 e. The van der Waals surface area contributed by atoms with Crippen LogP contribution in [0.15, 0.2) is 30.7 Å². The Kier molecular flexibility index (Phi) is 1.90. The van der Waals surface area contributed by atoms with Gasteiger partial charge in [0.05, 0.1) is 18.1 Å². The summed E-state index contributed by atoms with van der Waals surface area (Å²) in [7, 11) is 0. The van der Waals surface area contributed by atoms with E-state index in [2.05, 4.69) is 6.07 Å². The minimum atomic E-state index is -0.485. The lowest BCUT2D eigenvalue weighted by Crippen LogP contribution is -2.36. The zero-order valence-corrected chi connectivity index (χ0v) is 8.77. The maximum atomic E-state index is 8.83. The van der Waals surface area contributed by atoms with Gasteiger partial charge in [-0.15, -0.1) is 0 Å². The molecular formula is C13H11NO2. The highest BCUT2D eigenvalue weighted by atomic mass is 16.7. The molecule has 0 amide bonds. The number of fused-ring (bicyclic) bond motifs is 1. The molecule has 0 aromatic heterocycles. The SMILES string of the molecule is N#Cc1ccc2c(c1)CCC1(C2)OC=CO1. The van der Waals surface area contributed by atoms with E-state index in [0.717, 1.165) is 24.8 Å². The van der Waals surface area contributed by atoms with Gasteiger partial charge in [-0.3, -0.25) is 0 Å². The highest BCUT2D eigenvalue weighted by molar-refractivity contribution is 5.40. The largest absolute Gasteiger partial charge is 0.456 e. The third kappa shape index (κ3) is 1.35. The Balaban J connectivity index is 1.93. The van der Waals surface area contributed by atoms with Gasteiger partial charge >= 0.3 is 0 Å². The molecule has 1 aliphatic carbocycles. The molecule has 1 heterocycles. The molecule has 3 heteroatoms. The van der Waals surface area contributed by atoms with Crippen LogP contribution in [0.2, 0.25) is 0 Å². The van der Waals surface area contributed by atoms with Gasteiger partial charge in [0.25, 0.3) is 5.79 Å². The molecule has 3 nitrogen and oxygen atoms in total. The van der Waals surface area contributed by atoms with Crippen molar-refractivity contribution in [2.45, 2.75) is 25.0 Å². The number of hydrogen-bond donors (Lipinski definition) is 0. The number of benzene rings is 1. The third-order valence-electron chi connectivity index (χ3n) is 3.19. The van der Waals surface area contributed by atoms with Crippen LogP contribution in [0.25, 0.3) is 0 Å². The molecular weight excluding hydrogens is 202 g/mol. The molecule has 1 spiro atoms. The molecule has 1 aromatic carbocycles. The second-order valence-corrected chi connectivity index (χ2v) is 4.19. The Morgan fingerprint density at radius 1 is 1.19 bits per heavy atom. The number of ether oxygens (including phenoxy) is 2. The summed E-state index contributed by atoms with van der Waals surface area (Å²) >= 11 is 0. The molecule has 0 unspecified atom stereocenters. The van der Waals surface area contributed by atoms with Crippen molar-refractivity contribution in [2.24, 2.45) is 0 Å². The predicted octanol–water partition coefficient (Wildman–Crippen LogP) is 2.26. The summed E-state index contributed by atoms with van der Waals surface area (Å²) in [6.07, 6.45) is 5.69. The molecule has 1 aromatic rings. The molecule has 16 heavy (non-hydrogen) atoms. The first-order valence-corrected chi connectivity index (χ1v) is 5.34. The molecule has 0 saturated carbocycles. The highest BCUT2D eigenvalue weighted by Gasteiger charge is 2.39. The topological polar surface area (TPSA) is 42.2 Å². The van der Waals surface area contributed by atoms with Gasteiger partial charge in [0, 0.05) is 6.42 Å². The van der Waals surface area contributed by atoms with Crippen molar-refractivity contribution in [1.82, 2.24) is 0 Å². The van der Waals surface area contributed by atoms with Crippen LogP contribution >= 0.6 is 0 Å². The van der Waals surface area contributed by atoms with Crippen molar-refractivity contribution in [2.75, 3.05) is 0 Å². The van der Waals surface area contributed by atoms with Gasteiger partial charge in [-0.1, -0.05) is 6.07 Å². The molecule has 0 fully saturated rings. The normalized spacial score (nSPS) is 19.7. The average Bonchev–Trinajstić information content (AvgIpc) is 2.77. The molecule has 2 aliphatic rings. The second-order valence-electron chi connectivity index (χ2n) is 4.19. The van der Waals surface area contributed by atoms with E-state index in [4.69, 9.17) is 14.7 Å². The quantitative estimate of drug-likeness (QED) is 0.663. The fraction of sp³-hybridized carbons (Fsp3) is 0.308. The fourth-order valence-electron chi connectivity index (χ4n) is 2.34. The van der Waals surface area contributed by atoms with Crippen molar-refractivity contribution in [3.8, 4) is 6.07 Å². The minimum absolute atomic E-state index is 0.485. The lowest BCUT2D eigenvalue weighted by atomic mass is 9.86. The van der Waals surface area contributed by atoms with Crippen molar-refractivity contribution < 1.29 is 9.47 Å². The van der Waals surface area contributed by atoms with E-state index in [1.165, 1.54) is 11.1 Å². The maximum Gasteiger partial charge on any atom is 0.254 e.